The highest BCUT2D eigenvalue weighted by molar-refractivity contribution is 5.48. The molecule has 84 valence electrons. The topological polar surface area (TPSA) is 23.8 Å². The van der Waals surface area contributed by atoms with Crippen LogP contribution in [0.5, 0.6) is 0 Å². The summed E-state index contributed by atoms with van der Waals surface area (Å²) in [7, 11) is 0. The quantitative estimate of drug-likeness (QED) is 0.695. The van der Waals surface area contributed by atoms with Gasteiger partial charge in [-0.3, -0.25) is 0 Å². The van der Waals surface area contributed by atoms with Gasteiger partial charge in [0, 0.05) is 0 Å². The third-order valence-corrected chi connectivity index (χ3v) is 2.98. The largest absolute Gasteiger partial charge is 0.192 e. The zero-order valence-corrected chi connectivity index (χ0v) is 10.4. The normalized spacial score (nSPS) is 9.88. The number of aryl methyl sites for hydroxylation is 2. The highest BCUT2D eigenvalue weighted by Crippen LogP contribution is 2.20. The molecule has 0 saturated carbocycles. The molecule has 0 heterocycles. The summed E-state index contributed by atoms with van der Waals surface area (Å²) in [4.78, 5) is 0. The average Bonchev–Trinajstić information content (AvgIpc) is 2.26. The van der Waals surface area contributed by atoms with E-state index in [4.69, 9.17) is 0 Å². The number of allylic oxidation sites excluding steroid dienone is 1. The van der Waals surface area contributed by atoms with Crippen LogP contribution in [-0.4, -0.2) is 0 Å². The van der Waals surface area contributed by atoms with Crippen molar-refractivity contribution in [2.24, 2.45) is 0 Å². The zero-order chi connectivity index (χ0) is 12.1. The van der Waals surface area contributed by atoms with Crippen molar-refractivity contribution >= 4 is 0 Å². The van der Waals surface area contributed by atoms with Crippen LogP contribution in [0.1, 0.15) is 42.5 Å². The van der Waals surface area contributed by atoms with E-state index in [2.05, 4.69) is 31.7 Å². The lowest BCUT2D eigenvalue weighted by atomic mass is 9.93. The van der Waals surface area contributed by atoms with E-state index in [9.17, 15) is 5.26 Å². The van der Waals surface area contributed by atoms with Gasteiger partial charge < -0.3 is 0 Å². The van der Waals surface area contributed by atoms with Crippen molar-refractivity contribution in [2.75, 3.05) is 0 Å². The molecule has 1 nitrogen and oxygen atoms in total. The lowest BCUT2D eigenvalue weighted by Gasteiger charge is -2.10. The predicted molar refractivity (Wildman–Crippen MR) is 68.4 cm³/mol. The molecule has 0 amide bonds. The molecular weight excluding hydrogens is 194 g/mol. The van der Waals surface area contributed by atoms with Crippen LogP contribution in [-0.2, 0) is 12.8 Å². The fourth-order valence-corrected chi connectivity index (χ4v) is 1.91. The Morgan fingerprint density at radius 3 is 2.50 bits per heavy atom. The average molecular weight is 213 g/mol. The number of hydrogen-bond donors (Lipinski definition) is 0. The second kappa shape index (κ2) is 5.51. The summed E-state index contributed by atoms with van der Waals surface area (Å²) >= 11 is 0. The molecule has 0 atom stereocenters. The highest BCUT2D eigenvalue weighted by Gasteiger charge is 2.08. The second-order valence-corrected chi connectivity index (χ2v) is 4.31. The molecule has 1 aromatic rings. The van der Waals surface area contributed by atoms with Crippen LogP contribution >= 0.6 is 0 Å². The first kappa shape index (κ1) is 12.5. The van der Waals surface area contributed by atoms with E-state index in [-0.39, 0.29) is 0 Å². The zero-order valence-electron chi connectivity index (χ0n) is 10.4. The summed E-state index contributed by atoms with van der Waals surface area (Å²) in [6, 6.07) is 6.57. The summed E-state index contributed by atoms with van der Waals surface area (Å²) in [5.41, 5.74) is 5.60. The molecule has 0 spiro atoms. The third kappa shape index (κ3) is 2.73. The minimum Gasteiger partial charge on any atom is -0.192 e. The molecule has 0 aliphatic heterocycles. The van der Waals surface area contributed by atoms with Gasteiger partial charge in [-0.05, 0) is 49.8 Å². The van der Waals surface area contributed by atoms with Gasteiger partial charge in [0.1, 0.15) is 0 Å². The maximum Gasteiger partial charge on any atom is 0.0997 e. The number of nitrogens with zero attached hydrogens (tertiary/aromatic N) is 1. The van der Waals surface area contributed by atoms with Crippen molar-refractivity contribution < 1.29 is 0 Å². The van der Waals surface area contributed by atoms with Gasteiger partial charge >= 0.3 is 0 Å². The summed E-state index contributed by atoms with van der Waals surface area (Å²) < 4.78 is 0. The molecule has 0 aromatic heterocycles. The first-order valence-electron chi connectivity index (χ1n) is 5.76. The Labute approximate surface area is 98.4 Å². The molecule has 1 heteroatoms. The van der Waals surface area contributed by atoms with Gasteiger partial charge in [-0.15, -0.1) is 6.58 Å². The fourth-order valence-electron chi connectivity index (χ4n) is 1.91. The molecule has 0 radical (unpaired) electrons. The Balaban J connectivity index is 3.07. The van der Waals surface area contributed by atoms with E-state index in [1.54, 1.807) is 0 Å². The van der Waals surface area contributed by atoms with E-state index in [1.807, 2.05) is 13.8 Å². The lowest BCUT2D eigenvalue weighted by Crippen LogP contribution is -1.98. The van der Waals surface area contributed by atoms with Crippen LogP contribution in [0.25, 0.3) is 0 Å². The standard InChI is InChI=1S/C15H19N/c1-5-13-8-9-14(7-6-11(2)3)15(10-16)12(13)4/h8-9H,2,5-7H2,1,3-4H3. The van der Waals surface area contributed by atoms with Crippen molar-refractivity contribution in [2.45, 2.75) is 40.0 Å². The summed E-state index contributed by atoms with van der Waals surface area (Å²) in [5.74, 6) is 0. The fraction of sp³-hybridized carbons (Fsp3) is 0.400. The Morgan fingerprint density at radius 2 is 2.00 bits per heavy atom. The maximum atomic E-state index is 9.21. The highest BCUT2D eigenvalue weighted by atomic mass is 14.3. The van der Waals surface area contributed by atoms with Crippen LogP contribution in [0.3, 0.4) is 0 Å². The van der Waals surface area contributed by atoms with Crippen molar-refractivity contribution in [1.29, 1.82) is 5.26 Å². The monoisotopic (exact) mass is 213 g/mol. The maximum absolute atomic E-state index is 9.21. The molecule has 0 bridgehead atoms. The smallest absolute Gasteiger partial charge is 0.0997 e. The van der Waals surface area contributed by atoms with Crippen LogP contribution in [0.4, 0.5) is 0 Å². The second-order valence-electron chi connectivity index (χ2n) is 4.31. The SMILES string of the molecule is C=C(C)CCc1ccc(CC)c(C)c1C#N. The van der Waals surface area contributed by atoms with Crippen LogP contribution in [0.15, 0.2) is 24.3 Å². The van der Waals surface area contributed by atoms with Crippen LogP contribution in [0, 0.1) is 18.3 Å². The number of nitriles is 1. The van der Waals surface area contributed by atoms with Crippen molar-refractivity contribution in [1.82, 2.24) is 0 Å². The predicted octanol–water partition coefficient (Wildman–Crippen LogP) is 3.94. The molecule has 0 fully saturated rings. The molecule has 0 aliphatic rings. The molecule has 1 aromatic carbocycles. The van der Waals surface area contributed by atoms with Gasteiger partial charge in [0.2, 0.25) is 0 Å². The summed E-state index contributed by atoms with van der Waals surface area (Å²) in [6.07, 6.45) is 2.87. The van der Waals surface area contributed by atoms with Gasteiger partial charge in [0.05, 0.1) is 11.6 Å². The van der Waals surface area contributed by atoms with Crippen LogP contribution in [0.2, 0.25) is 0 Å². The molecule has 0 unspecified atom stereocenters. The number of rotatable bonds is 4. The molecule has 0 N–H and O–H groups in total. The molecule has 16 heavy (non-hydrogen) atoms. The van der Waals surface area contributed by atoms with Crippen molar-refractivity contribution in [3.05, 3.63) is 46.5 Å². The summed E-state index contributed by atoms with van der Waals surface area (Å²) in [5, 5.41) is 9.21. The molecule has 0 aliphatic carbocycles. The van der Waals surface area contributed by atoms with Crippen molar-refractivity contribution in [3.63, 3.8) is 0 Å². The third-order valence-electron chi connectivity index (χ3n) is 2.98. The Morgan fingerprint density at radius 1 is 1.38 bits per heavy atom. The first-order chi connectivity index (χ1) is 7.60. The number of hydrogen-bond acceptors (Lipinski definition) is 1. The van der Waals surface area contributed by atoms with Crippen molar-refractivity contribution in [3.8, 4) is 6.07 Å². The minimum absolute atomic E-state index is 0.862. The van der Waals surface area contributed by atoms with Crippen LogP contribution < -0.4 is 0 Å². The minimum atomic E-state index is 0.862. The van der Waals surface area contributed by atoms with Gasteiger partial charge in [-0.25, -0.2) is 0 Å². The molecule has 1 rings (SSSR count). The van der Waals surface area contributed by atoms with E-state index in [0.717, 1.165) is 36.0 Å². The Kier molecular flexibility index (Phi) is 4.31. The Hall–Kier alpha value is -1.55. The van der Waals surface area contributed by atoms with Gasteiger partial charge in [0.25, 0.3) is 0 Å². The van der Waals surface area contributed by atoms with E-state index >= 15 is 0 Å². The van der Waals surface area contributed by atoms with Gasteiger partial charge in [0.15, 0.2) is 0 Å². The first-order valence-corrected chi connectivity index (χ1v) is 5.76. The number of benzene rings is 1. The van der Waals surface area contributed by atoms with E-state index in [0.29, 0.717) is 0 Å². The molecular formula is C15H19N. The van der Waals surface area contributed by atoms with E-state index < -0.39 is 0 Å². The van der Waals surface area contributed by atoms with Gasteiger partial charge in [-0.1, -0.05) is 24.6 Å². The van der Waals surface area contributed by atoms with E-state index in [1.165, 1.54) is 11.1 Å². The lowest BCUT2D eigenvalue weighted by molar-refractivity contribution is 0.934. The summed E-state index contributed by atoms with van der Waals surface area (Å²) in [6.45, 7) is 10.1. The van der Waals surface area contributed by atoms with Gasteiger partial charge in [-0.2, -0.15) is 5.26 Å². The Bertz CT molecular complexity index is 435. The molecule has 0 saturated heterocycles.